The van der Waals surface area contributed by atoms with Crippen LogP contribution in [0.2, 0.25) is 0 Å². The highest BCUT2D eigenvalue weighted by molar-refractivity contribution is 5.50. The fraction of sp³-hybridized carbons (Fsp3) is 0.667. The van der Waals surface area contributed by atoms with Crippen LogP contribution in [0.15, 0.2) is 24.3 Å². The first-order valence-electron chi connectivity index (χ1n) is 11.0. The molecule has 164 valence electrons. The third kappa shape index (κ3) is 5.74. The van der Waals surface area contributed by atoms with Gasteiger partial charge in [-0.05, 0) is 50.2 Å². The highest BCUT2D eigenvalue weighted by Crippen LogP contribution is 2.39. The summed E-state index contributed by atoms with van der Waals surface area (Å²) in [5.74, 6) is 0.976. The van der Waals surface area contributed by atoms with Gasteiger partial charge in [0.1, 0.15) is 6.10 Å². The summed E-state index contributed by atoms with van der Waals surface area (Å²) in [7, 11) is 3.82. The Balaban J connectivity index is 0.00000145. The lowest BCUT2D eigenvalue weighted by molar-refractivity contribution is -0.151. The van der Waals surface area contributed by atoms with Crippen LogP contribution in [0.5, 0.6) is 11.5 Å². The molecule has 2 aliphatic rings. The fourth-order valence-corrected chi connectivity index (χ4v) is 3.69. The molecule has 0 radical (unpaired) electrons. The van der Waals surface area contributed by atoms with Crippen LogP contribution in [-0.4, -0.2) is 50.2 Å². The molecule has 1 heterocycles. The maximum Gasteiger partial charge on any atom is 0.191 e. The van der Waals surface area contributed by atoms with E-state index in [1.54, 1.807) is 7.11 Å². The molecule has 0 bridgehead atoms. The van der Waals surface area contributed by atoms with E-state index in [4.69, 9.17) is 18.9 Å². The van der Waals surface area contributed by atoms with Gasteiger partial charge in [-0.2, -0.15) is 0 Å². The van der Waals surface area contributed by atoms with Crippen LogP contribution in [0.25, 0.3) is 0 Å². The molecule has 1 aromatic rings. The van der Waals surface area contributed by atoms with Gasteiger partial charge in [-0.1, -0.05) is 39.8 Å². The number of hydrogen-bond donors (Lipinski definition) is 0. The van der Waals surface area contributed by atoms with E-state index < -0.39 is 5.79 Å². The second kappa shape index (κ2) is 11.0. The van der Waals surface area contributed by atoms with E-state index in [1.807, 2.05) is 19.9 Å². The van der Waals surface area contributed by atoms with Crippen molar-refractivity contribution >= 4 is 0 Å². The van der Waals surface area contributed by atoms with Crippen LogP contribution in [-0.2, 0) is 16.0 Å². The zero-order valence-corrected chi connectivity index (χ0v) is 19.3. The molecule has 1 saturated heterocycles. The van der Waals surface area contributed by atoms with Gasteiger partial charge in [0.25, 0.3) is 0 Å². The molecule has 0 saturated carbocycles. The van der Waals surface area contributed by atoms with Gasteiger partial charge in [-0.3, -0.25) is 0 Å². The van der Waals surface area contributed by atoms with E-state index in [0.29, 0.717) is 13.0 Å². The minimum absolute atomic E-state index is 0.00244. The highest BCUT2D eigenvalue weighted by atomic mass is 16.7. The molecule has 5 nitrogen and oxygen atoms in total. The molecule has 1 aromatic carbocycles. The smallest absolute Gasteiger partial charge is 0.191 e. The van der Waals surface area contributed by atoms with Gasteiger partial charge in [0.05, 0.1) is 19.8 Å². The SMILES string of the molecule is CC.CCC1COC2(C=CCC(Oc3c(OC)ccc(CN(C)CC)c3C)C2)O1. The van der Waals surface area contributed by atoms with Crippen LogP contribution >= 0.6 is 0 Å². The first-order valence-corrected chi connectivity index (χ1v) is 11.0. The van der Waals surface area contributed by atoms with E-state index in [-0.39, 0.29) is 12.2 Å². The summed E-state index contributed by atoms with van der Waals surface area (Å²) in [6.45, 7) is 12.9. The molecule has 0 amide bonds. The summed E-state index contributed by atoms with van der Waals surface area (Å²) >= 11 is 0. The van der Waals surface area contributed by atoms with Crippen LogP contribution in [0, 0.1) is 6.92 Å². The van der Waals surface area contributed by atoms with Gasteiger partial charge >= 0.3 is 0 Å². The summed E-state index contributed by atoms with van der Waals surface area (Å²) in [4.78, 5) is 2.28. The van der Waals surface area contributed by atoms with Crippen LogP contribution in [0.3, 0.4) is 0 Å². The lowest BCUT2D eigenvalue weighted by Crippen LogP contribution is -2.38. The number of rotatable bonds is 7. The van der Waals surface area contributed by atoms with Crippen LogP contribution in [0.1, 0.15) is 58.1 Å². The third-order valence-electron chi connectivity index (χ3n) is 5.58. The van der Waals surface area contributed by atoms with Crippen molar-refractivity contribution in [3.05, 3.63) is 35.4 Å². The average Bonchev–Trinajstić information content (AvgIpc) is 3.14. The van der Waals surface area contributed by atoms with Gasteiger partial charge in [0.2, 0.25) is 0 Å². The predicted octanol–water partition coefficient (Wildman–Crippen LogP) is 5.10. The summed E-state index contributed by atoms with van der Waals surface area (Å²) in [6.07, 6.45) is 6.83. The van der Waals surface area contributed by atoms with Gasteiger partial charge in [-0.25, -0.2) is 0 Å². The maximum absolute atomic E-state index is 6.46. The minimum atomic E-state index is -0.634. The molecule has 0 N–H and O–H groups in total. The highest BCUT2D eigenvalue weighted by Gasteiger charge is 2.43. The largest absolute Gasteiger partial charge is 0.493 e. The number of benzene rings is 1. The van der Waals surface area contributed by atoms with E-state index >= 15 is 0 Å². The van der Waals surface area contributed by atoms with Gasteiger partial charge < -0.3 is 23.8 Å². The summed E-state index contributed by atoms with van der Waals surface area (Å²) in [6, 6.07) is 4.13. The van der Waals surface area contributed by atoms with Crippen molar-refractivity contribution in [3.63, 3.8) is 0 Å². The topological polar surface area (TPSA) is 40.2 Å². The Labute approximate surface area is 177 Å². The zero-order chi connectivity index (χ0) is 21.4. The molecule has 1 fully saturated rings. The van der Waals surface area contributed by atoms with Crippen LogP contribution in [0.4, 0.5) is 0 Å². The number of methoxy groups -OCH3 is 1. The Bertz CT molecular complexity index is 675. The van der Waals surface area contributed by atoms with E-state index in [9.17, 15) is 0 Å². The molecular weight excluding hydrogens is 366 g/mol. The number of ether oxygens (including phenoxy) is 4. The van der Waals surface area contributed by atoms with Crippen molar-refractivity contribution in [1.82, 2.24) is 4.90 Å². The van der Waals surface area contributed by atoms with Crippen molar-refractivity contribution in [2.45, 2.75) is 78.4 Å². The second-order valence-electron chi connectivity index (χ2n) is 7.56. The minimum Gasteiger partial charge on any atom is -0.493 e. The lowest BCUT2D eigenvalue weighted by atomic mass is 9.98. The molecule has 3 rings (SSSR count). The Morgan fingerprint density at radius 2 is 2.00 bits per heavy atom. The van der Waals surface area contributed by atoms with Gasteiger partial charge in [0.15, 0.2) is 17.3 Å². The van der Waals surface area contributed by atoms with Crippen molar-refractivity contribution in [3.8, 4) is 11.5 Å². The molecule has 1 aliphatic carbocycles. The summed E-state index contributed by atoms with van der Waals surface area (Å²) in [5.41, 5.74) is 2.40. The standard InChI is InChI=1S/C22H33NO4.C2H6/c1-6-18-15-25-22(27-18)12-8-9-19(13-22)26-21-16(3)17(14-23(4)7-2)10-11-20(21)24-5;1-2/h8,10-12,18-19H,6-7,9,13-15H2,1-5H3;1-2H3. The Morgan fingerprint density at radius 3 is 2.62 bits per heavy atom. The molecule has 1 aliphatic heterocycles. The molecule has 29 heavy (non-hydrogen) atoms. The van der Waals surface area contributed by atoms with Crippen molar-refractivity contribution in [1.29, 1.82) is 0 Å². The third-order valence-corrected chi connectivity index (χ3v) is 5.58. The van der Waals surface area contributed by atoms with Crippen LogP contribution < -0.4 is 9.47 Å². The Hall–Kier alpha value is -1.56. The molecule has 3 atom stereocenters. The molecule has 1 spiro atoms. The van der Waals surface area contributed by atoms with Gasteiger partial charge in [0, 0.05) is 19.4 Å². The first-order chi connectivity index (χ1) is 14.0. The Morgan fingerprint density at radius 1 is 1.24 bits per heavy atom. The van der Waals surface area contributed by atoms with Gasteiger partial charge in [-0.15, -0.1) is 0 Å². The maximum atomic E-state index is 6.46. The van der Waals surface area contributed by atoms with Crippen molar-refractivity contribution in [2.75, 3.05) is 27.3 Å². The lowest BCUT2D eigenvalue weighted by Gasteiger charge is -2.33. The normalized spacial score (nSPS) is 25.8. The fourth-order valence-electron chi connectivity index (χ4n) is 3.69. The second-order valence-corrected chi connectivity index (χ2v) is 7.56. The first kappa shape index (κ1) is 23.7. The van der Waals surface area contributed by atoms with Crippen molar-refractivity contribution in [2.24, 2.45) is 0 Å². The average molecular weight is 406 g/mol. The molecular formula is C24H39NO4. The summed E-state index contributed by atoms with van der Waals surface area (Å²) < 4.78 is 24.2. The van der Waals surface area contributed by atoms with E-state index in [1.165, 1.54) is 5.56 Å². The van der Waals surface area contributed by atoms with E-state index in [2.05, 4.69) is 50.9 Å². The molecule has 0 aromatic heterocycles. The summed E-state index contributed by atoms with van der Waals surface area (Å²) in [5, 5.41) is 0. The molecule has 5 heteroatoms. The molecule has 3 unspecified atom stereocenters. The predicted molar refractivity (Wildman–Crippen MR) is 118 cm³/mol. The van der Waals surface area contributed by atoms with Crippen molar-refractivity contribution < 1.29 is 18.9 Å². The Kier molecular flexibility index (Phi) is 9.00. The zero-order valence-electron chi connectivity index (χ0n) is 19.3. The monoisotopic (exact) mass is 405 g/mol. The number of hydrogen-bond acceptors (Lipinski definition) is 5. The number of nitrogens with zero attached hydrogens (tertiary/aromatic N) is 1. The van der Waals surface area contributed by atoms with E-state index in [0.717, 1.165) is 43.0 Å². The quantitative estimate of drug-likeness (QED) is 0.590.